The van der Waals surface area contributed by atoms with Gasteiger partial charge < -0.3 is 0 Å². The van der Waals surface area contributed by atoms with Crippen LogP contribution in [0.5, 0.6) is 0 Å². The van der Waals surface area contributed by atoms with Crippen molar-refractivity contribution < 1.29 is 13.2 Å². The Bertz CT molecular complexity index is 408. The molecule has 0 saturated heterocycles. The van der Waals surface area contributed by atoms with Gasteiger partial charge in [0.1, 0.15) is 0 Å². The summed E-state index contributed by atoms with van der Waals surface area (Å²) in [5, 5.41) is 0. The molecule has 1 aromatic carbocycles. The van der Waals surface area contributed by atoms with Crippen molar-refractivity contribution in [2.24, 2.45) is 0 Å². The van der Waals surface area contributed by atoms with E-state index >= 15 is 0 Å². The third-order valence-corrected chi connectivity index (χ3v) is 3.38. The standard InChI is InChI=1S/C14H15F3/c1-10-5-7-11(8-6-10)12-3-2-4-13(9-12)14(15,16)17/h2-4,9,11H,1,5-8H2. The van der Waals surface area contributed by atoms with Crippen LogP contribution in [0.2, 0.25) is 0 Å². The average molecular weight is 240 g/mol. The molecule has 0 unspecified atom stereocenters. The van der Waals surface area contributed by atoms with E-state index in [9.17, 15) is 13.2 Å². The minimum absolute atomic E-state index is 0.253. The maximum Gasteiger partial charge on any atom is 0.416 e. The molecule has 0 radical (unpaired) electrons. The van der Waals surface area contributed by atoms with Gasteiger partial charge in [0, 0.05) is 0 Å². The van der Waals surface area contributed by atoms with Gasteiger partial charge in [-0.25, -0.2) is 0 Å². The van der Waals surface area contributed by atoms with E-state index in [4.69, 9.17) is 0 Å². The van der Waals surface area contributed by atoms with Crippen molar-refractivity contribution in [3.05, 3.63) is 47.5 Å². The lowest BCUT2D eigenvalue weighted by atomic mass is 9.82. The fourth-order valence-corrected chi connectivity index (χ4v) is 2.33. The molecule has 1 aromatic rings. The van der Waals surface area contributed by atoms with Crippen LogP contribution in [0.15, 0.2) is 36.4 Å². The van der Waals surface area contributed by atoms with Gasteiger partial charge in [-0.05, 0) is 43.2 Å². The highest BCUT2D eigenvalue weighted by Crippen LogP contribution is 2.37. The summed E-state index contributed by atoms with van der Waals surface area (Å²) in [4.78, 5) is 0. The number of hydrogen-bond acceptors (Lipinski definition) is 0. The minimum Gasteiger partial charge on any atom is -0.166 e. The zero-order valence-electron chi connectivity index (χ0n) is 9.56. The molecule has 0 N–H and O–H groups in total. The summed E-state index contributed by atoms with van der Waals surface area (Å²) in [5.41, 5.74) is 1.49. The van der Waals surface area contributed by atoms with Gasteiger partial charge in [-0.15, -0.1) is 0 Å². The van der Waals surface area contributed by atoms with Crippen LogP contribution < -0.4 is 0 Å². The van der Waals surface area contributed by atoms with E-state index in [1.54, 1.807) is 6.07 Å². The molecular weight excluding hydrogens is 225 g/mol. The van der Waals surface area contributed by atoms with Gasteiger partial charge in [0.15, 0.2) is 0 Å². The normalized spacial score (nSPS) is 18.4. The summed E-state index contributed by atoms with van der Waals surface area (Å²) < 4.78 is 37.7. The first-order valence-electron chi connectivity index (χ1n) is 5.80. The lowest BCUT2D eigenvalue weighted by Crippen LogP contribution is -2.09. The Morgan fingerprint density at radius 3 is 2.35 bits per heavy atom. The zero-order valence-corrected chi connectivity index (χ0v) is 9.56. The van der Waals surface area contributed by atoms with Crippen molar-refractivity contribution in [2.75, 3.05) is 0 Å². The van der Waals surface area contributed by atoms with Crippen LogP contribution in [-0.2, 0) is 6.18 Å². The molecule has 92 valence electrons. The van der Waals surface area contributed by atoms with Crippen LogP contribution in [0.4, 0.5) is 13.2 Å². The first-order valence-corrected chi connectivity index (χ1v) is 5.80. The largest absolute Gasteiger partial charge is 0.416 e. The fraction of sp³-hybridized carbons (Fsp3) is 0.429. The zero-order chi connectivity index (χ0) is 12.5. The van der Waals surface area contributed by atoms with Crippen LogP contribution in [0.1, 0.15) is 42.7 Å². The lowest BCUT2D eigenvalue weighted by molar-refractivity contribution is -0.137. The molecule has 1 aliphatic rings. The summed E-state index contributed by atoms with van der Waals surface area (Å²) in [6.45, 7) is 3.92. The predicted octanol–water partition coefficient (Wildman–Crippen LogP) is 4.92. The molecule has 0 aromatic heterocycles. The molecule has 1 saturated carbocycles. The van der Waals surface area contributed by atoms with Gasteiger partial charge >= 0.3 is 6.18 Å². The minimum atomic E-state index is -4.24. The third kappa shape index (κ3) is 2.90. The Hall–Kier alpha value is -1.25. The van der Waals surface area contributed by atoms with E-state index in [-0.39, 0.29) is 5.92 Å². The number of alkyl halides is 3. The summed E-state index contributed by atoms with van der Waals surface area (Å²) in [7, 11) is 0. The maximum atomic E-state index is 12.6. The maximum absolute atomic E-state index is 12.6. The van der Waals surface area contributed by atoms with Crippen LogP contribution in [0.3, 0.4) is 0 Å². The molecule has 1 aliphatic carbocycles. The predicted molar refractivity (Wildman–Crippen MR) is 61.8 cm³/mol. The van der Waals surface area contributed by atoms with Crippen LogP contribution >= 0.6 is 0 Å². The number of rotatable bonds is 1. The molecule has 0 amide bonds. The average Bonchev–Trinajstić information content (AvgIpc) is 2.29. The van der Waals surface area contributed by atoms with Gasteiger partial charge in [0.2, 0.25) is 0 Å². The topological polar surface area (TPSA) is 0 Å². The molecule has 17 heavy (non-hydrogen) atoms. The summed E-state index contributed by atoms with van der Waals surface area (Å²) in [6, 6.07) is 5.72. The number of hydrogen-bond donors (Lipinski definition) is 0. The van der Waals surface area contributed by atoms with Crippen LogP contribution in [0.25, 0.3) is 0 Å². The van der Waals surface area contributed by atoms with Gasteiger partial charge in [0.05, 0.1) is 5.56 Å². The van der Waals surface area contributed by atoms with E-state index in [1.165, 1.54) is 17.7 Å². The summed E-state index contributed by atoms with van der Waals surface area (Å²) in [6.07, 6.45) is -0.545. The highest BCUT2D eigenvalue weighted by atomic mass is 19.4. The van der Waals surface area contributed by atoms with Gasteiger partial charge in [-0.2, -0.15) is 13.2 Å². The first kappa shape index (κ1) is 12.2. The molecule has 0 bridgehead atoms. The van der Waals surface area contributed by atoms with E-state index in [2.05, 4.69) is 6.58 Å². The van der Waals surface area contributed by atoms with E-state index in [1.807, 2.05) is 0 Å². The number of halogens is 3. The Kier molecular flexibility index (Phi) is 3.27. The van der Waals surface area contributed by atoms with E-state index in [0.29, 0.717) is 0 Å². The first-order chi connectivity index (χ1) is 7.97. The number of benzene rings is 1. The molecule has 0 atom stereocenters. The molecule has 3 heteroatoms. The molecule has 0 aliphatic heterocycles. The van der Waals surface area contributed by atoms with Crippen LogP contribution in [-0.4, -0.2) is 0 Å². The molecule has 0 spiro atoms. The highest BCUT2D eigenvalue weighted by Gasteiger charge is 2.31. The molecule has 1 fully saturated rings. The third-order valence-electron chi connectivity index (χ3n) is 3.38. The summed E-state index contributed by atoms with van der Waals surface area (Å²) in [5.74, 6) is 0.253. The smallest absolute Gasteiger partial charge is 0.166 e. The number of allylic oxidation sites excluding steroid dienone is 1. The van der Waals surface area contributed by atoms with Crippen molar-refractivity contribution in [1.29, 1.82) is 0 Å². The van der Waals surface area contributed by atoms with Gasteiger partial charge in [-0.1, -0.05) is 30.4 Å². The molecular formula is C14H15F3. The Balaban J connectivity index is 2.19. The fourth-order valence-electron chi connectivity index (χ4n) is 2.33. The van der Waals surface area contributed by atoms with Crippen molar-refractivity contribution >= 4 is 0 Å². The highest BCUT2D eigenvalue weighted by molar-refractivity contribution is 5.29. The van der Waals surface area contributed by atoms with Crippen molar-refractivity contribution in [1.82, 2.24) is 0 Å². The van der Waals surface area contributed by atoms with Crippen molar-refractivity contribution in [3.63, 3.8) is 0 Å². The molecule has 0 heterocycles. The second-order valence-corrected chi connectivity index (χ2v) is 4.65. The quantitative estimate of drug-likeness (QED) is 0.611. The Labute approximate surface area is 99.2 Å². The van der Waals surface area contributed by atoms with E-state index < -0.39 is 11.7 Å². The lowest BCUT2D eigenvalue weighted by Gasteiger charge is -2.24. The second kappa shape index (κ2) is 4.55. The van der Waals surface area contributed by atoms with Gasteiger partial charge in [-0.3, -0.25) is 0 Å². The Morgan fingerprint density at radius 2 is 1.76 bits per heavy atom. The Morgan fingerprint density at radius 1 is 1.12 bits per heavy atom. The van der Waals surface area contributed by atoms with Crippen molar-refractivity contribution in [2.45, 2.75) is 37.8 Å². The monoisotopic (exact) mass is 240 g/mol. The molecule has 0 nitrogen and oxygen atoms in total. The molecule has 2 rings (SSSR count). The van der Waals surface area contributed by atoms with Gasteiger partial charge in [0.25, 0.3) is 0 Å². The van der Waals surface area contributed by atoms with Crippen LogP contribution in [0, 0.1) is 0 Å². The SMILES string of the molecule is C=C1CCC(c2cccc(C(F)(F)F)c2)CC1. The second-order valence-electron chi connectivity index (χ2n) is 4.65. The van der Waals surface area contributed by atoms with Crippen molar-refractivity contribution in [3.8, 4) is 0 Å². The van der Waals surface area contributed by atoms with E-state index in [0.717, 1.165) is 37.3 Å². The summed E-state index contributed by atoms with van der Waals surface area (Å²) >= 11 is 0.